The lowest BCUT2D eigenvalue weighted by molar-refractivity contribution is -0.128. The van der Waals surface area contributed by atoms with E-state index in [2.05, 4.69) is 10.4 Å². The third-order valence-electron chi connectivity index (χ3n) is 3.18. The second-order valence-electron chi connectivity index (χ2n) is 6.02. The summed E-state index contributed by atoms with van der Waals surface area (Å²) in [6.45, 7) is 5.73. The van der Waals surface area contributed by atoms with Crippen LogP contribution in [-0.4, -0.2) is 27.3 Å². The number of nitrogens with zero attached hydrogens (tertiary/aromatic N) is 2. The van der Waals surface area contributed by atoms with Crippen molar-refractivity contribution in [1.82, 2.24) is 15.1 Å². The number of hydrogen-bond donors (Lipinski definition) is 2. The molecule has 2 aromatic rings. The molecular weight excluding hydrogens is 266 g/mol. The quantitative estimate of drug-likeness (QED) is 0.904. The Morgan fingerprint density at radius 2 is 2.00 bits per heavy atom. The molecule has 0 aliphatic heterocycles. The fourth-order valence-electron chi connectivity index (χ4n) is 1.84. The summed E-state index contributed by atoms with van der Waals surface area (Å²) >= 11 is 0. The van der Waals surface area contributed by atoms with Gasteiger partial charge in [-0.1, -0.05) is 32.9 Å². The fourth-order valence-corrected chi connectivity index (χ4v) is 1.84. The van der Waals surface area contributed by atoms with E-state index in [1.54, 1.807) is 10.9 Å². The minimum Gasteiger partial charge on any atom is -0.387 e. The smallest absolute Gasteiger partial charge is 0.225 e. The lowest BCUT2D eigenvalue weighted by Crippen LogP contribution is -2.37. The van der Waals surface area contributed by atoms with E-state index in [0.29, 0.717) is 0 Å². The van der Waals surface area contributed by atoms with Crippen molar-refractivity contribution >= 4 is 5.91 Å². The first-order valence-corrected chi connectivity index (χ1v) is 6.94. The normalized spacial score (nSPS) is 13.0. The summed E-state index contributed by atoms with van der Waals surface area (Å²) in [7, 11) is 0. The van der Waals surface area contributed by atoms with Crippen LogP contribution in [0.3, 0.4) is 0 Å². The molecule has 21 heavy (non-hydrogen) atoms. The van der Waals surface area contributed by atoms with Crippen LogP contribution in [0.4, 0.5) is 0 Å². The number of benzene rings is 1. The maximum Gasteiger partial charge on any atom is 0.225 e. The summed E-state index contributed by atoms with van der Waals surface area (Å²) in [4.78, 5) is 11.8. The maximum absolute atomic E-state index is 11.8. The summed E-state index contributed by atoms with van der Waals surface area (Å²) in [6, 6.07) is 9.30. The molecule has 1 amide bonds. The van der Waals surface area contributed by atoms with E-state index >= 15 is 0 Å². The van der Waals surface area contributed by atoms with Crippen molar-refractivity contribution < 1.29 is 9.90 Å². The molecule has 0 fully saturated rings. The second-order valence-corrected chi connectivity index (χ2v) is 6.02. The lowest BCUT2D eigenvalue weighted by Gasteiger charge is -2.19. The van der Waals surface area contributed by atoms with Gasteiger partial charge < -0.3 is 10.4 Å². The van der Waals surface area contributed by atoms with Crippen LogP contribution in [0.25, 0.3) is 5.69 Å². The number of aromatic nitrogens is 2. The first-order chi connectivity index (χ1) is 9.88. The van der Waals surface area contributed by atoms with Gasteiger partial charge in [0.05, 0.1) is 11.8 Å². The molecule has 0 spiro atoms. The highest BCUT2D eigenvalue weighted by atomic mass is 16.3. The summed E-state index contributed by atoms with van der Waals surface area (Å²) < 4.78 is 1.75. The number of aliphatic hydroxyl groups excluding tert-OH is 1. The largest absolute Gasteiger partial charge is 0.387 e. The highest BCUT2D eigenvalue weighted by molar-refractivity contribution is 5.81. The summed E-state index contributed by atoms with van der Waals surface area (Å²) in [5.74, 6) is -0.0743. The number of carbonyl (C=O) groups is 1. The molecule has 5 heteroatoms. The maximum atomic E-state index is 11.8. The first kappa shape index (κ1) is 15.3. The van der Waals surface area contributed by atoms with E-state index in [1.807, 2.05) is 57.3 Å². The van der Waals surface area contributed by atoms with Crippen LogP contribution in [0.15, 0.2) is 42.7 Å². The Hall–Kier alpha value is -2.14. The number of nitrogens with one attached hydrogen (secondary N) is 1. The summed E-state index contributed by atoms with van der Waals surface area (Å²) in [5.41, 5.74) is 1.23. The molecule has 0 saturated heterocycles. The van der Waals surface area contributed by atoms with Crippen LogP contribution < -0.4 is 5.32 Å². The third kappa shape index (κ3) is 3.92. The van der Waals surface area contributed by atoms with Crippen molar-refractivity contribution in [3.8, 4) is 5.69 Å². The predicted molar refractivity (Wildman–Crippen MR) is 81.0 cm³/mol. The Bertz CT molecular complexity index is 583. The van der Waals surface area contributed by atoms with Gasteiger partial charge in [0, 0.05) is 24.4 Å². The van der Waals surface area contributed by atoms with E-state index in [-0.39, 0.29) is 12.5 Å². The first-order valence-electron chi connectivity index (χ1n) is 6.94. The van der Waals surface area contributed by atoms with Crippen LogP contribution >= 0.6 is 0 Å². The Labute approximate surface area is 124 Å². The van der Waals surface area contributed by atoms with Crippen molar-refractivity contribution in [2.24, 2.45) is 5.41 Å². The van der Waals surface area contributed by atoms with E-state index in [1.165, 1.54) is 0 Å². The van der Waals surface area contributed by atoms with E-state index in [4.69, 9.17) is 0 Å². The van der Waals surface area contributed by atoms with Crippen molar-refractivity contribution in [2.45, 2.75) is 26.9 Å². The Morgan fingerprint density at radius 3 is 2.52 bits per heavy atom. The summed E-state index contributed by atoms with van der Waals surface area (Å²) in [6.07, 6.45) is 2.85. The molecule has 1 atom stereocenters. The topological polar surface area (TPSA) is 67.2 Å². The molecule has 2 rings (SSSR count). The van der Waals surface area contributed by atoms with Gasteiger partial charge in [-0.15, -0.1) is 0 Å². The number of carbonyl (C=O) groups excluding carboxylic acids is 1. The minimum atomic E-state index is -0.719. The van der Waals surface area contributed by atoms with Gasteiger partial charge in [-0.05, 0) is 23.8 Å². The van der Waals surface area contributed by atoms with Crippen molar-refractivity contribution in [3.63, 3.8) is 0 Å². The molecule has 5 nitrogen and oxygen atoms in total. The van der Waals surface area contributed by atoms with E-state index < -0.39 is 11.5 Å². The standard InChI is InChI=1S/C16H21N3O2/c1-16(2,3)15(21)17-11-14(20)12-5-7-13(8-6-12)19-10-4-9-18-19/h4-10,14,20H,11H2,1-3H3,(H,17,21). The molecule has 1 unspecified atom stereocenters. The molecule has 0 saturated carbocycles. The van der Waals surface area contributed by atoms with Crippen LogP contribution in [-0.2, 0) is 4.79 Å². The SMILES string of the molecule is CC(C)(C)C(=O)NCC(O)c1ccc(-n2cccn2)cc1. The molecule has 112 valence electrons. The van der Waals surface area contributed by atoms with Crippen LogP contribution in [0.1, 0.15) is 32.4 Å². The Balaban J connectivity index is 1.97. The molecule has 1 heterocycles. The van der Waals surface area contributed by atoms with Crippen molar-refractivity contribution in [1.29, 1.82) is 0 Å². The molecule has 0 bridgehead atoms. The second kappa shape index (κ2) is 6.10. The fraction of sp³-hybridized carbons (Fsp3) is 0.375. The predicted octanol–water partition coefficient (Wildman–Crippen LogP) is 2.07. The van der Waals surface area contributed by atoms with E-state index in [0.717, 1.165) is 11.3 Å². The average molecular weight is 287 g/mol. The molecule has 0 aliphatic rings. The molecular formula is C16H21N3O2. The third-order valence-corrected chi connectivity index (χ3v) is 3.18. The molecule has 0 radical (unpaired) electrons. The Kier molecular flexibility index (Phi) is 4.43. The van der Waals surface area contributed by atoms with Gasteiger partial charge in [-0.2, -0.15) is 5.10 Å². The molecule has 2 N–H and O–H groups in total. The number of amides is 1. The van der Waals surface area contributed by atoms with Crippen LogP contribution in [0.2, 0.25) is 0 Å². The monoisotopic (exact) mass is 287 g/mol. The zero-order valence-electron chi connectivity index (χ0n) is 12.6. The Morgan fingerprint density at radius 1 is 1.33 bits per heavy atom. The number of rotatable bonds is 4. The molecule has 1 aromatic carbocycles. The minimum absolute atomic E-state index is 0.0743. The van der Waals surface area contributed by atoms with Gasteiger partial charge in [0.15, 0.2) is 0 Å². The van der Waals surface area contributed by atoms with Gasteiger partial charge in [-0.25, -0.2) is 4.68 Å². The van der Waals surface area contributed by atoms with E-state index in [9.17, 15) is 9.90 Å². The molecule has 0 aliphatic carbocycles. The van der Waals surface area contributed by atoms with Crippen molar-refractivity contribution in [2.75, 3.05) is 6.54 Å². The van der Waals surface area contributed by atoms with Crippen molar-refractivity contribution in [3.05, 3.63) is 48.3 Å². The average Bonchev–Trinajstić information content (AvgIpc) is 2.97. The number of aliphatic hydroxyl groups is 1. The lowest BCUT2D eigenvalue weighted by atomic mass is 9.95. The zero-order chi connectivity index (χ0) is 15.5. The van der Waals surface area contributed by atoms with Gasteiger partial charge in [0.2, 0.25) is 5.91 Å². The van der Waals surface area contributed by atoms with Gasteiger partial charge in [0.1, 0.15) is 0 Å². The summed E-state index contributed by atoms with van der Waals surface area (Å²) in [5, 5.41) is 17.0. The zero-order valence-corrected chi connectivity index (χ0v) is 12.6. The molecule has 1 aromatic heterocycles. The van der Waals surface area contributed by atoms with Gasteiger partial charge in [0.25, 0.3) is 0 Å². The van der Waals surface area contributed by atoms with Crippen LogP contribution in [0, 0.1) is 5.41 Å². The highest BCUT2D eigenvalue weighted by Crippen LogP contribution is 2.17. The van der Waals surface area contributed by atoms with Gasteiger partial charge >= 0.3 is 0 Å². The number of hydrogen-bond acceptors (Lipinski definition) is 3. The van der Waals surface area contributed by atoms with Gasteiger partial charge in [-0.3, -0.25) is 4.79 Å². The highest BCUT2D eigenvalue weighted by Gasteiger charge is 2.21. The van der Waals surface area contributed by atoms with Crippen LogP contribution in [0.5, 0.6) is 0 Å².